The van der Waals surface area contributed by atoms with E-state index < -0.39 is 0 Å². The maximum atomic E-state index is 11.3. The van der Waals surface area contributed by atoms with Crippen molar-refractivity contribution >= 4 is 5.78 Å². The van der Waals surface area contributed by atoms with Gasteiger partial charge in [-0.05, 0) is 12.5 Å². The summed E-state index contributed by atoms with van der Waals surface area (Å²) in [7, 11) is 0. The minimum Gasteiger partial charge on any atom is -0.293 e. The molecular formula is C11H10O. The Labute approximate surface area is 72.4 Å². The number of carbonyl (C=O) groups excluding carboxylic acids is 1. The van der Waals surface area contributed by atoms with E-state index >= 15 is 0 Å². The van der Waals surface area contributed by atoms with Crippen LogP contribution in [0.3, 0.4) is 0 Å². The maximum absolute atomic E-state index is 11.3. The second kappa shape index (κ2) is 3.73. The number of benzene rings is 1. The standard InChI is InChI=1S/C11H10O/c1-3-6-11(12)10-8-5-4-7-9(10)2/h1,4-5,7-8H,6H2,2H3. The van der Waals surface area contributed by atoms with Crippen molar-refractivity contribution in [2.45, 2.75) is 13.3 Å². The van der Waals surface area contributed by atoms with Gasteiger partial charge in [0, 0.05) is 5.56 Å². The van der Waals surface area contributed by atoms with Gasteiger partial charge in [0.15, 0.2) is 5.78 Å². The van der Waals surface area contributed by atoms with E-state index in [1.165, 1.54) is 0 Å². The summed E-state index contributed by atoms with van der Waals surface area (Å²) in [5.41, 5.74) is 1.72. The van der Waals surface area contributed by atoms with Crippen LogP contribution < -0.4 is 0 Å². The van der Waals surface area contributed by atoms with Gasteiger partial charge in [0.05, 0.1) is 6.42 Å². The molecule has 0 aliphatic heterocycles. The SMILES string of the molecule is C#CCC(=O)c1ccccc1C. The quantitative estimate of drug-likeness (QED) is 0.476. The molecular weight excluding hydrogens is 148 g/mol. The average Bonchev–Trinajstić information content (AvgIpc) is 2.05. The van der Waals surface area contributed by atoms with Crippen LogP contribution in [0.15, 0.2) is 24.3 Å². The molecule has 0 N–H and O–H groups in total. The van der Waals surface area contributed by atoms with E-state index in [0.29, 0.717) is 0 Å². The fourth-order valence-electron chi connectivity index (χ4n) is 1.07. The number of Topliss-reactive ketones (excluding diaryl/α,β-unsaturated/α-hetero) is 1. The van der Waals surface area contributed by atoms with Crippen molar-refractivity contribution in [1.82, 2.24) is 0 Å². The number of terminal acetylenes is 1. The van der Waals surface area contributed by atoms with Gasteiger partial charge < -0.3 is 0 Å². The molecule has 1 heteroatoms. The first-order chi connectivity index (χ1) is 5.75. The van der Waals surface area contributed by atoms with Crippen LogP contribution in [0.25, 0.3) is 0 Å². The highest BCUT2D eigenvalue weighted by molar-refractivity contribution is 5.98. The second-order valence-electron chi connectivity index (χ2n) is 2.62. The van der Waals surface area contributed by atoms with Gasteiger partial charge in [-0.2, -0.15) is 0 Å². The van der Waals surface area contributed by atoms with Crippen molar-refractivity contribution in [3.8, 4) is 12.3 Å². The number of aryl methyl sites for hydroxylation is 1. The average molecular weight is 158 g/mol. The Balaban J connectivity index is 2.97. The topological polar surface area (TPSA) is 17.1 Å². The third kappa shape index (κ3) is 1.73. The Morgan fingerprint density at radius 2 is 2.17 bits per heavy atom. The number of rotatable bonds is 2. The summed E-state index contributed by atoms with van der Waals surface area (Å²) in [4.78, 5) is 11.3. The fraction of sp³-hybridized carbons (Fsp3) is 0.182. The molecule has 0 heterocycles. The van der Waals surface area contributed by atoms with Crippen LogP contribution >= 0.6 is 0 Å². The van der Waals surface area contributed by atoms with E-state index in [4.69, 9.17) is 6.42 Å². The monoisotopic (exact) mass is 158 g/mol. The fourth-order valence-corrected chi connectivity index (χ4v) is 1.07. The van der Waals surface area contributed by atoms with E-state index in [2.05, 4.69) is 5.92 Å². The van der Waals surface area contributed by atoms with Gasteiger partial charge in [-0.25, -0.2) is 0 Å². The van der Waals surface area contributed by atoms with Crippen molar-refractivity contribution < 1.29 is 4.79 Å². The van der Waals surface area contributed by atoms with E-state index in [1.807, 2.05) is 25.1 Å². The lowest BCUT2D eigenvalue weighted by atomic mass is 10.0. The molecule has 0 saturated heterocycles. The lowest BCUT2D eigenvalue weighted by Gasteiger charge is -2.00. The molecule has 12 heavy (non-hydrogen) atoms. The first kappa shape index (κ1) is 8.55. The molecule has 0 aromatic heterocycles. The van der Waals surface area contributed by atoms with Crippen LogP contribution in [0.2, 0.25) is 0 Å². The molecule has 0 saturated carbocycles. The van der Waals surface area contributed by atoms with Gasteiger partial charge >= 0.3 is 0 Å². The van der Waals surface area contributed by atoms with Crippen molar-refractivity contribution in [3.63, 3.8) is 0 Å². The van der Waals surface area contributed by atoms with Gasteiger partial charge in [0.25, 0.3) is 0 Å². The van der Waals surface area contributed by atoms with Crippen molar-refractivity contribution in [3.05, 3.63) is 35.4 Å². The van der Waals surface area contributed by atoms with E-state index in [9.17, 15) is 4.79 Å². The molecule has 0 aliphatic rings. The van der Waals surface area contributed by atoms with E-state index in [-0.39, 0.29) is 12.2 Å². The molecule has 0 radical (unpaired) electrons. The summed E-state index contributed by atoms with van der Waals surface area (Å²) >= 11 is 0. The Bertz CT molecular complexity index is 331. The molecule has 1 nitrogen and oxygen atoms in total. The Kier molecular flexibility index (Phi) is 2.66. The summed E-state index contributed by atoms with van der Waals surface area (Å²) in [6, 6.07) is 7.46. The number of hydrogen-bond donors (Lipinski definition) is 0. The Hall–Kier alpha value is -1.55. The van der Waals surface area contributed by atoms with Crippen LogP contribution in [0.4, 0.5) is 0 Å². The molecule has 60 valence electrons. The summed E-state index contributed by atoms with van der Waals surface area (Å²) in [5, 5.41) is 0. The van der Waals surface area contributed by atoms with Gasteiger partial charge in [-0.3, -0.25) is 4.79 Å². The number of hydrogen-bond acceptors (Lipinski definition) is 1. The van der Waals surface area contributed by atoms with Crippen molar-refractivity contribution in [1.29, 1.82) is 0 Å². The van der Waals surface area contributed by atoms with Crippen molar-refractivity contribution in [2.75, 3.05) is 0 Å². The highest BCUT2D eigenvalue weighted by atomic mass is 16.1. The summed E-state index contributed by atoms with van der Waals surface area (Å²) in [5.74, 6) is 2.37. The molecule has 0 unspecified atom stereocenters. The lowest BCUT2D eigenvalue weighted by molar-refractivity contribution is 0.0997. The van der Waals surface area contributed by atoms with Gasteiger partial charge in [0.1, 0.15) is 0 Å². The molecule has 1 aromatic carbocycles. The zero-order valence-corrected chi connectivity index (χ0v) is 7.00. The molecule has 0 spiro atoms. The number of carbonyl (C=O) groups is 1. The van der Waals surface area contributed by atoms with Crippen LogP contribution in [-0.4, -0.2) is 5.78 Å². The van der Waals surface area contributed by atoms with E-state index in [0.717, 1.165) is 11.1 Å². The van der Waals surface area contributed by atoms with Crippen LogP contribution in [0.1, 0.15) is 22.3 Å². The smallest absolute Gasteiger partial charge is 0.174 e. The van der Waals surface area contributed by atoms with Gasteiger partial charge in [-0.1, -0.05) is 30.2 Å². The van der Waals surface area contributed by atoms with Crippen LogP contribution in [-0.2, 0) is 0 Å². The largest absolute Gasteiger partial charge is 0.293 e. The third-order valence-corrected chi connectivity index (χ3v) is 1.71. The Morgan fingerprint density at radius 1 is 1.50 bits per heavy atom. The minimum absolute atomic E-state index is 0.0237. The second-order valence-corrected chi connectivity index (χ2v) is 2.62. The minimum atomic E-state index is 0.0237. The maximum Gasteiger partial charge on any atom is 0.174 e. The van der Waals surface area contributed by atoms with Crippen LogP contribution in [0.5, 0.6) is 0 Å². The zero-order chi connectivity index (χ0) is 8.97. The molecule has 0 atom stereocenters. The highest BCUT2D eigenvalue weighted by Crippen LogP contribution is 2.08. The Morgan fingerprint density at radius 3 is 2.75 bits per heavy atom. The van der Waals surface area contributed by atoms with Crippen molar-refractivity contribution in [2.24, 2.45) is 0 Å². The molecule has 1 aromatic rings. The van der Waals surface area contributed by atoms with Gasteiger partial charge in [-0.15, -0.1) is 6.42 Å². The normalized spacial score (nSPS) is 9.00. The summed E-state index contributed by atoms with van der Waals surface area (Å²) < 4.78 is 0. The first-order valence-corrected chi connectivity index (χ1v) is 3.78. The molecule has 0 aliphatic carbocycles. The lowest BCUT2D eigenvalue weighted by Crippen LogP contribution is -1.99. The first-order valence-electron chi connectivity index (χ1n) is 3.78. The molecule has 0 bridgehead atoms. The number of ketones is 1. The van der Waals surface area contributed by atoms with Gasteiger partial charge in [0.2, 0.25) is 0 Å². The third-order valence-electron chi connectivity index (χ3n) is 1.71. The molecule has 1 rings (SSSR count). The predicted molar refractivity (Wildman–Crippen MR) is 49.0 cm³/mol. The summed E-state index contributed by atoms with van der Waals surface area (Å²) in [6.07, 6.45) is 5.23. The zero-order valence-electron chi connectivity index (χ0n) is 7.00. The predicted octanol–water partition coefficient (Wildman–Crippen LogP) is 2.20. The molecule has 0 amide bonds. The highest BCUT2D eigenvalue weighted by Gasteiger charge is 2.05. The van der Waals surface area contributed by atoms with Crippen LogP contribution in [0, 0.1) is 19.3 Å². The van der Waals surface area contributed by atoms with E-state index in [1.54, 1.807) is 6.07 Å². The molecule has 0 fully saturated rings. The summed E-state index contributed by atoms with van der Waals surface area (Å²) in [6.45, 7) is 1.91.